The highest BCUT2D eigenvalue weighted by atomic mass is 16.9. The van der Waals surface area contributed by atoms with E-state index in [1.165, 1.54) is 0 Å². The lowest BCUT2D eigenvalue weighted by Gasteiger charge is -2.50. The molecule has 94 valence electrons. The number of ether oxygens (including phenoxy) is 4. The van der Waals surface area contributed by atoms with Gasteiger partial charge in [0.15, 0.2) is 0 Å². The Balaban J connectivity index is 1.92. The van der Waals surface area contributed by atoms with Crippen LogP contribution >= 0.6 is 0 Å². The average molecular weight is 240 g/mol. The van der Waals surface area contributed by atoms with E-state index in [4.69, 9.17) is 18.9 Å². The highest BCUT2D eigenvalue weighted by Gasteiger charge is 2.74. The molecule has 0 aromatic carbocycles. The highest BCUT2D eigenvalue weighted by Crippen LogP contribution is 2.60. The van der Waals surface area contributed by atoms with E-state index < -0.39 is 17.2 Å². The minimum absolute atomic E-state index is 0.0195. The molecule has 5 aliphatic rings. The summed E-state index contributed by atoms with van der Waals surface area (Å²) in [5.74, 6) is -1.11. The molecule has 1 unspecified atom stereocenters. The van der Waals surface area contributed by atoms with Crippen molar-refractivity contribution in [2.24, 2.45) is 5.92 Å². The molecular formula is C12H16O5. The second-order valence-electron chi connectivity index (χ2n) is 6.10. The van der Waals surface area contributed by atoms with Gasteiger partial charge in [-0.2, -0.15) is 0 Å². The third-order valence-corrected chi connectivity index (χ3v) is 4.70. The molecule has 5 rings (SSSR count). The maximum absolute atomic E-state index is 11.8. The van der Waals surface area contributed by atoms with Crippen LogP contribution in [0.2, 0.25) is 0 Å². The lowest BCUT2D eigenvalue weighted by atomic mass is 9.66. The summed E-state index contributed by atoms with van der Waals surface area (Å²) in [5, 5.41) is 0. The molecule has 1 saturated carbocycles. The maximum atomic E-state index is 11.8. The van der Waals surface area contributed by atoms with Crippen molar-refractivity contribution in [2.75, 3.05) is 0 Å². The number of fused-ring (bicyclic) bond motifs is 3. The fourth-order valence-corrected chi connectivity index (χ4v) is 4.19. The first kappa shape index (κ1) is 10.3. The van der Waals surface area contributed by atoms with Gasteiger partial charge in [-0.25, -0.2) is 0 Å². The van der Waals surface area contributed by atoms with E-state index >= 15 is 0 Å². The molecule has 0 amide bonds. The summed E-state index contributed by atoms with van der Waals surface area (Å²) in [6.45, 7) is 5.73. The zero-order chi connectivity index (χ0) is 12.1. The molecule has 6 atom stereocenters. The third kappa shape index (κ3) is 1.04. The third-order valence-electron chi connectivity index (χ3n) is 4.70. The van der Waals surface area contributed by atoms with Crippen LogP contribution in [0.5, 0.6) is 0 Å². The predicted octanol–water partition coefficient (Wildman–Crippen LogP) is 0.958. The van der Waals surface area contributed by atoms with E-state index in [-0.39, 0.29) is 24.1 Å². The quantitative estimate of drug-likeness (QED) is 0.590. The number of hydrogen-bond donors (Lipinski definition) is 0. The number of esters is 1. The first-order valence-corrected chi connectivity index (χ1v) is 6.12. The van der Waals surface area contributed by atoms with Gasteiger partial charge in [-0.05, 0) is 13.8 Å². The van der Waals surface area contributed by atoms with Crippen LogP contribution in [0.1, 0.15) is 33.6 Å². The van der Waals surface area contributed by atoms with Crippen molar-refractivity contribution in [1.29, 1.82) is 0 Å². The zero-order valence-electron chi connectivity index (χ0n) is 10.2. The van der Waals surface area contributed by atoms with Crippen LogP contribution in [0.25, 0.3) is 0 Å². The van der Waals surface area contributed by atoms with Crippen molar-refractivity contribution in [2.45, 2.75) is 63.0 Å². The predicted molar refractivity (Wildman–Crippen MR) is 54.9 cm³/mol. The van der Waals surface area contributed by atoms with Crippen molar-refractivity contribution in [3.8, 4) is 0 Å². The molecule has 0 aromatic heterocycles. The molecular weight excluding hydrogens is 224 g/mol. The molecule has 5 fully saturated rings. The highest BCUT2D eigenvalue weighted by molar-refractivity contribution is 5.72. The fraction of sp³-hybridized carbons (Fsp3) is 0.917. The summed E-state index contributed by atoms with van der Waals surface area (Å²) in [7, 11) is 0. The summed E-state index contributed by atoms with van der Waals surface area (Å²) < 4.78 is 23.3. The molecule has 0 spiro atoms. The van der Waals surface area contributed by atoms with Gasteiger partial charge >= 0.3 is 5.97 Å². The van der Waals surface area contributed by atoms with Gasteiger partial charge in [-0.1, -0.05) is 0 Å². The van der Waals surface area contributed by atoms with Crippen molar-refractivity contribution in [1.82, 2.24) is 0 Å². The summed E-state index contributed by atoms with van der Waals surface area (Å²) in [5.41, 5.74) is -1.10. The molecule has 17 heavy (non-hydrogen) atoms. The van der Waals surface area contributed by atoms with Gasteiger partial charge < -0.3 is 18.9 Å². The molecule has 0 aromatic rings. The van der Waals surface area contributed by atoms with E-state index in [0.717, 1.165) is 0 Å². The first-order valence-electron chi connectivity index (χ1n) is 6.12. The molecule has 1 aliphatic carbocycles. The van der Waals surface area contributed by atoms with Gasteiger partial charge in [0.2, 0.25) is 0 Å². The summed E-state index contributed by atoms with van der Waals surface area (Å²) in [4.78, 5) is 11.8. The number of carbonyl (C=O) groups is 1. The Morgan fingerprint density at radius 3 is 2.76 bits per heavy atom. The van der Waals surface area contributed by atoms with Crippen LogP contribution in [0, 0.1) is 5.92 Å². The van der Waals surface area contributed by atoms with E-state index in [9.17, 15) is 4.79 Å². The van der Waals surface area contributed by atoms with Gasteiger partial charge in [0.1, 0.15) is 17.3 Å². The van der Waals surface area contributed by atoms with Crippen LogP contribution in [0.3, 0.4) is 0 Å². The van der Waals surface area contributed by atoms with Gasteiger partial charge in [0.05, 0.1) is 12.5 Å². The minimum Gasteiger partial charge on any atom is -0.456 e. The lowest BCUT2D eigenvalue weighted by Crippen LogP contribution is -2.64. The number of rotatable bonds is 0. The second kappa shape index (κ2) is 2.53. The Morgan fingerprint density at radius 2 is 2.00 bits per heavy atom. The van der Waals surface area contributed by atoms with Gasteiger partial charge in [-0.15, -0.1) is 0 Å². The summed E-state index contributed by atoms with van der Waals surface area (Å²) in [6, 6.07) is 0. The lowest BCUT2D eigenvalue weighted by molar-refractivity contribution is -0.387. The van der Waals surface area contributed by atoms with Crippen LogP contribution in [-0.2, 0) is 23.7 Å². The minimum atomic E-state index is -0.970. The van der Waals surface area contributed by atoms with Crippen molar-refractivity contribution >= 4 is 5.97 Å². The molecule has 4 aliphatic heterocycles. The Bertz CT molecular complexity index is 423. The summed E-state index contributed by atoms with van der Waals surface area (Å²) in [6.07, 6.45) is 0.791. The molecule has 5 bridgehead atoms. The zero-order valence-corrected chi connectivity index (χ0v) is 10.2. The van der Waals surface area contributed by atoms with E-state index in [0.29, 0.717) is 12.8 Å². The van der Waals surface area contributed by atoms with Crippen LogP contribution < -0.4 is 0 Å². The largest absolute Gasteiger partial charge is 0.456 e. The maximum Gasteiger partial charge on any atom is 0.306 e. The standard InChI is InChI=1S/C12H16O5/c1-10-5-7-6(4-8(13)15-10)11(2)9(10)16-12(3,14-7)17-11/h6-7,9H,4-5H2,1-3H3/t6-,7+,9-,10+,11+,12?/m1/s1. The SMILES string of the molecule is CC12O[C@H]3C[C@]4(C)OC(=O)C[C@H]3[C@](C)(O1)[C@@H]4O2. The molecule has 0 N–H and O–H groups in total. The van der Waals surface area contributed by atoms with Crippen molar-refractivity contribution < 1.29 is 23.7 Å². The Hall–Kier alpha value is -0.650. The van der Waals surface area contributed by atoms with Crippen molar-refractivity contribution in [3.63, 3.8) is 0 Å². The monoisotopic (exact) mass is 240 g/mol. The van der Waals surface area contributed by atoms with E-state index in [1.807, 2.05) is 13.8 Å². The molecule has 5 nitrogen and oxygen atoms in total. The van der Waals surface area contributed by atoms with E-state index in [1.54, 1.807) is 6.92 Å². The summed E-state index contributed by atoms with van der Waals surface area (Å²) >= 11 is 0. The Kier molecular flexibility index (Phi) is 1.53. The molecule has 0 radical (unpaired) electrons. The normalized spacial score (nSPS) is 63.7. The average Bonchev–Trinajstić information content (AvgIpc) is 2.26. The first-order chi connectivity index (χ1) is 7.85. The Labute approximate surface area is 99.3 Å². The van der Waals surface area contributed by atoms with E-state index in [2.05, 4.69) is 0 Å². The second-order valence-corrected chi connectivity index (χ2v) is 6.10. The molecule has 4 heterocycles. The fourth-order valence-electron chi connectivity index (χ4n) is 4.19. The van der Waals surface area contributed by atoms with Crippen LogP contribution in [0.4, 0.5) is 0 Å². The van der Waals surface area contributed by atoms with Gasteiger partial charge in [0, 0.05) is 19.3 Å². The number of carbonyl (C=O) groups excluding carboxylic acids is 1. The number of hydrogen-bond acceptors (Lipinski definition) is 5. The van der Waals surface area contributed by atoms with Crippen molar-refractivity contribution in [3.05, 3.63) is 0 Å². The molecule has 5 heteroatoms. The van der Waals surface area contributed by atoms with Gasteiger partial charge in [0.25, 0.3) is 5.97 Å². The smallest absolute Gasteiger partial charge is 0.306 e. The Morgan fingerprint density at radius 1 is 1.24 bits per heavy atom. The van der Waals surface area contributed by atoms with Crippen LogP contribution in [0.15, 0.2) is 0 Å². The van der Waals surface area contributed by atoms with Gasteiger partial charge in [-0.3, -0.25) is 4.79 Å². The van der Waals surface area contributed by atoms with Crippen LogP contribution in [-0.4, -0.2) is 35.4 Å². The topological polar surface area (TPSA) is 54.0 Å². The molecule has 4 saturated heterocycles.